The second-order valence-electron chi connectivity index (χ2n) is 11.5. The highest BCUT2D eigenvalue weighted by Crippen LogP contribution is 2.37. The lowest BCUT2D eigenvalue weighted by Gasteiger charge is -2.41. The lowest BCUT2D eigenvalue weighted by atomic mass is 10.0. The molecule has 11 heteroatoms. The van der Waals surface area contributed by atoms with Gasteiger partial charge in [-0.25, -0.2) is 6.57 Å². The molecule has 44 heavy (non-hydrogen) atoms. The van der Waals surface area contributed by atoms with Crippen LogP contribution in [-0.4, -0.2) is 90.7 Å². The molecular weight excluding hydrogens is 594 g/mol. The number of fused-ring (bicyclic) bond motifs is 2. The normalized spacial score (nSPS) is 18.7. The van der Waals surface area contributed by atoms with Gasteiger partial charge in [0.1, 0.15) is 18.5 Å². The van der Waals surface area contributed by atoms with E-state index in [2.05, 4.69) is 50.4 Å². The summed E-state index contributed by atoms with van der Waals surface area (Å²) in [7, 11) is 0. The summed E-state index contributed by atoms with van der Waals surface area (Å²) in [5.41, 5.74) is 3.14. The topological polar surface area (TPSA) is 69.4 Å². The maximum Gasteiger partial charge on any atom is 0.318 e. The van der Waals surface area contributed by atoms with E-state index in [-0.39, 0.29) is 32.0 Å². The first-order valence-corrected chi connectivity index (χ1v) is 15.6. The number of carbonyl (C=O) groups excluding carboxylic acids is 1. The van der Waals surface area contributed by atoms with E-state index in [9.17, 15) is 4.79 Å². The Morgan fingerprint density at radius 1 is 1.07 bits per heavy atom. The van der Waals surface area contributed by atoms with Crippen LogP contribution in [0.25, 0.3) is 15.6 Å². The van der Waals surface area contributed by atoms with Crippen molar-refractivity contribution in [2.45, 2.75) is 38.3 Å². The lowest BCUT2D eigenvalue weighted by Crippen LogP contribution is -2.56. The van der Waals surface area contributed by atoms with Crippen LogP contribution in [0.1, 0.15) is 30.5 Å². The molecule has 0 N–H and O–H groups in total. The molecule has 2 saturated heterocycles. The van der Waals surface area contributed by atoms with Gasteiger partial charge in [-0.05, 0) is 55.9 Å². The average molecular weight is 634 g/mol. The van der Waals surface area contributed by atoms with Crippen LogP contribution < -0.4 is 14.5 Å². The van der Waals surface area contributed by atoms with Crippen LogP contribution in [0, 0.1) is 6.57 Å². The number of hydrogen-bond acceptors (Lipinski definition) is 7. The Balaban J connectivity index is 0.00000384. The molecule has 4 heterocycles. The fourth-order valence-corrected chi connectivity index (χ4v) is 6.90. The van der Waals surface area contributed by atoms with Gasteiger partial charge in [-0.3, -0.25) is 9.69 Å². The third-order valence-corrected chi connectivity index (χ3v) is 9.14. The Kier molecular flexibility index (Phi) is 10.5. The summed E-state index contributed by atoms with van der Waals surface area (Å²) in [5.74, 6) is 0.721. The summed E-state index contributed by atoms with van der Waals surface area (Å²) in [5, 5.41) is 2.90. The number of halogens is 1. The number of aromatic nitrogens is 2. The van der Waals surface area contributed by atoms with Crippen LogP contribution in [0.2, 0.25) is 5.02 Å². The Hall–Kier alpha value is -3.52. The molecule has 1 atom stereocenters. The Labute approximate surface area is 271 Å². The van der Waals surface area contributed by atoms with Crippen LogP contribution in [-0.2, 0) is 17.8 Å². The average Bonchev–Trinajstić information content (AvgIpc) is 3.04. The predicted octanol–water partition coefficient (Wildman–Crippen LogP) is 4.95. The monoisotopic (exact) mass is 633 g/mol. The third kappa shape index (κ3) is 6.75. The minimum Gasteiger partial charge on any atom is -0.462 e. The second-order valence-corrected chi connectivity index (χ2v) is 11.9. The summed E-state index contributed by atoms with van der Waals surface area (Å²) in [6.45, 7) is 18.1. The molecule has 2 fully saturated rings. The van der Waals surface area contributed by atoms with E-state index < -0.39 is 0 Å². The van der Waals surface area contributed by atoms with Gasteiger partial charge in [-0.2, -0.15) is 23.5 Å². The van der Waals surface area contributed by atoms with Crippen molar-refractivity contribution in [3.05, 3.63) is 76.8 Å². The van der Waals surface area contributed by atoms with E-state index in [4.69, 9.17) is 32.9 Å². The van der Waals surface area contributed by atoms with E-state index in [1.165, 1.54) is 25.3 Å². The minimum atomic E-state index is -0.233. The van der Waals surface area contributed by atoms with E-state index in [0.717, 1.165) is 71.2 Å². The molecule has 0 spiro atoms. The number of amides is 1. The first-order valence-electron chi connectivity index (χ1n) is 15.2. The Morgan fingerprint density at radius 3 is 2.64 bits per heavy atom. The van der Waals surface area contributed by atoms with Crippen LogP contribution in [0.3, 0.4) is 0 Å². The highest BCUT2D eigenvalue weighted by atomic mass is 35.5. The molecule has 6 rings (SSSR count). The zero-order valence-electron chi connectivity index (χ0n) is 25.1. The number of rotatable bonds is 8. The van der Waals surface area contributed by atoms with Gasteiger partial charge in [0, 0.05) is 49.4 Å². The van der Waals surface area contributed by atoms with Crippen molar-refractivity contribution in [2.75, 3.05) is 68.8 Å². The number of likely N-dealkylation sites (tertiary alicyclic amines) is 1. The molecule has 0 aliphatic carbocycles. The molecule has 9 nitrogen and oxygen atoms in total. The van der Waals surface area contributed by atoms with Crippen molar-refractivity contribution in [3.63, 3.8) is 0 Å². The number of benzene rings is 2. The highest BCUT2D eigenvalue weighted by molar-refractivity contribution is 7.59. The quantitative estimate of drug-likeness (QED) is 0.257. The van der Waals surface area contributed by atoms with E-state index in [0.29, 0.717) is 38.8 Å². The van der Waals surface area contributed by atoms with Crippen molar-refractivity contribution in [1.29, 1.82) is 0 Å². The summed E-state index contributed by atoms with van der Waals surface area (Å²) < 4.78 is 6.23. The molecule has 1 aromatic heterocycles. The molecule has 2 aromatic carbocycles. The molecule has 0 bridgehead atoms. The largest absolute Gasteiger partial charge is 0.462 e. The van der Waals surface area contributed by atoms with E-state index >= 15 is 0 Å². The van der Waals surface area contributed by atoms with Crippen molar-refractivity contribution in [1.82, 2.24) is 19.8 Å². The smallest absolute Gasteiger partial charge is 0.318 e. The standard InChI is InChI=1S/C33H38ClN7O2.H2S/c1-3-30(42)41-18-17-40(22-25(41)21-35-2)32-26-13-16-39(29-12-8-10-24-9-7-11-27(34)31(24)29)23-28(26)36-33(37-32)43-20-19-38-14-5-4-6-15-38;/h3,7-12,25H,1,4-6,13-23H2;1H2/t25-;/m0./s1. The molecule has 3 aromatic rings. The molecule has 0 unspecified atom stereocenters. The highest BCUT2D eigenvalue weighted by Gasteiger charge is 2.35. The van der Waals surface area contributed by atoms with Gasteiger partial charge >= 0.3 is 6.01 Å². The second kappa shape index (κ2) is 14.5. The summed E-state index contributed by atoms with van der Waals surface area (Å²) in [6.07, 6.45) is 5.87. The van der Waals surface area contributed by atoms with Gasteiger partial charge in [0.2, 0.25) is 12.5 Å². The number of hydrogen-bond donors (Lipinski definition) is 0. The van der Waals surface area contributed by atoms with E-state index in [1.807, 2.05) is 12.1 Å². The van der Waals surface area contributed by atoms with Crippen molar-refractivity contribution in [2.24, 2.45) is 0 Å². The first-order chi connectivity index (χ1) is 21.1. The van der Waals surface area contributed by atoms with Gasteiger partial charge < -0.3 is 24.3 Å². The van der Waals surface area contributed by atoms with Crippen LogP contribution in [0.5, 0.6) is 6.01 Å². The van der Waals surface area contributed by atoms with Gasteiger partial charge in [0.05, 0.1) is 17.3 Å². The van der Waals surface area contributed by atoms with Gasteiger partial charge in [0.25, 0.3) is 0 Å². The molecule has 3 aliphatic rings. The van der Waals surface area contributed by atoms with Crippen molar-refractivity contribution < 1.29 is 9.53 Å². The van der Waals surface area contributed by atoms with Crippen LogP contribution in [0.4, 0.5) is 11.5 Å². The number of piperazine rings is 1. The number of nitrogens with zero attached hydrogens (tertiary/aromatic N) is 7. The lowest BCUT2D eigenvalue weighted by molar-refractivity contribution is -0.128. The Bertz CT molecular complexity index is 1540. The number of piperidine rings is 1. The zero-order chi connectivity index (χ0) is 29.8. The Morgan fingerprint density at radius 2 is 1.86 bits per heavy atom. The third-order valence-electron chi connectivity index (χ3n) is 8.82. The summed E-state index contributed by atoms with van der Waals surface area (Å²) >= 11 is 6.70. The first kappa shape index (κ1) is 31.9. The number of carbonyl (C=O) groups is 1. The molecule has 3 aliphatic heterocycles. The fourth-order valence-electron chi connectivity index (χ4n) is 6.63. The van der Waals surface area contributed by atoms with E-state index in [1.54, 1.807) is 4.90 Å². The van der Waals surface area contributed by atoms with Gasteiger partial charge in [0.15, 0.2) is 0 Å². The molecule has 0 saturated carbocycles. The SMILES string of the molecule is S.[C-]#[N+]C[C@H]1CN(c2nc(OCCN3CCCCC3)nc3c2CCN(c2cccc4cccc(Cl)c24)C3)CCN1C(=O)C=C. The molecule has 1 amide bonds. The van der Waals surface area contributed by atoms with Crippen LogP contribution in [0.15, 0.2) is 49.1 Å². The number of anilines is 2. The summed E-state index contributed by atoms with van der Waals surface area (Å²) in [4.78, 5) is 34.9. The molecule has 0 radical (unpaired) electrons. The van der Waals surface area contributed by atoms with Crippen LogP contribution >= 0.6 is 25.1 Å². The zero-order valence-corrected chi connectivity index (χ0v) is 26.8. The molecule has 232 valence electrons. The van der Waals surface area contributed by atoms with Gasteiger partial charge in [-0.15, -0.1) is 0 Å². The number of ether oxygens (including phenoxy) is 1. The van der Waals surface area contributed by atoms with Gasteiger partial charge in [-0.1, -0.05) is 48.9 Å². The van der Waals surface area contributed by atoms with Crippen molar-refractivity contribution in [3.8, 4) is 6.01 Å². The predicted molar refractivity (Wildman–Crippen MR) is 181 cm³/mol. The maximum atomic E-state index is 12.5. The minimum absolute atomic E-state index is 0. The summed E-state index contributed by atoms with van der Waals surface area (Å²) in [6, 6.07) is 12.5. The molecular formula is C33H40ClN7O2S. The fraction of sp³-hybridized carbons (Fsp3) is 0.455. The maximum absolute atomic E-state index is 12.5. The van der Waals surface area contributed by atoms with Crippen molar-refractivity contribution >= 4 is 53.3 Å².